The van der Waals surface area contributed by atoms with Gasteiger partial charge in [0.25, 0.3) is 0 Å². The monoisotopic (exact) mass is 352 g/mol. The maximum Gasteiger partial charge on any atom is 0.126 e. The fourth-order valence-electron chi connectivity index (χ4n) is 1.87. The van der Waals surface area contributed by atoms with Crippen LogP contribution in [0.4, 0.5) is 10.1 Å². The van der Waals surface area contributed by atoms with Crippen molar-refractivity contribution in [3.63, 3.8) is 0 Å². The topological polar surface area (TPSA) is 38.0 Å². The molecule has 0 saturated carbocycles. The van der Waals surface area contributed by atoms with Crippen LogP contribution < -0.4 is 11.1 Å². The number of halogens is 2. The molecular formula is C15H14BrFN2S. The average molecular weight is 353 g/mol. The van der Waals surface area contributed by atoms with Crippen molar-refractivity contribution in [2.75, 3.05) is 11.9 Å². The third-order valence-corrected chi connectivity index (χ3v) is 3.79. The lowest BCUT2D eigenvalue weighted by atomic mass is 10.1. The predicted octanol–water partition coefficient (Wildman–Crippen LogP) is 3.88. The van der Waals surface area contributed by atoms with E-state index in [-0.39, 0.29) is 5.82 Å². The first kappa shape index (κ1) is 14.9. The van der Waals surface area contributed by atoms with E-state index in [0.29, 0.717) is 23.5 Å². The van der Waals surface area contributed by atoms with Gasteiger partial charge in [0.2, 0.25) is 0 Å². The fraction of sp³-hybridized carbons (Fsp3) is 0.133. The SMILES string of the molecule is NC(=S)c1ccc(NCCc2ccccc2F)cc1Br. The Kier molecular flexibility index (Phi) is 5.09. The Morgan fingerprint density at radius 2 is 2.00 bits per heavy atom. The molecule has 2 aromatic carbocycles. The van der Waals surface area contributed by atoms with Crippen LogP contribution >= 0.6 is 28.1 Å². The van der Waals surface area contributed by atoms with E-state index in [1.54, 1.807) is 12.1 Å². The summed E-state index contributed by atoms with van der Waals surface area (Å²) in [7, 11) is 0. The highest BCUT2D eigenvalue weighted by Crippen LogP contribution is 2.21. The van der Waals surface area contributed by atoms with Crippen LogP contribution in [-0.2, 0) is 6.42 Å². The number of anilines is 1. The molecule has 0 atom stereocenters. The van der Waals surface area contributed by atoms with Crippen LogP contribution in [0.2, 0.25) is 0 Å². The van der Waals surface area contributed by atoms with E-state index < -0.39 is 0 Å². The predicted molar refractivity (Wildman–Crippen MR) is 88.6 cm³/mol. The van der Waals surface area contributed by atoms with E-state index in [1.807, 2.05) is 24.3 Å². The Hall–Kier alpha value is -1.46. The van der Waals surface area contributed by atoms with Gasteiger partial charge in [-0.2, -0.15) is 0 Å². The summed E-state index contributed by atoms with van der Waals surface area (Å²) in [5, 5.41) is 3.25. The molecule has 3 N–H and O–H groups in total. The highest BCUT2D eigenvalue weighted by Gasteiger charge is 2.04. The summed E-state index contributed by atoms with van der Waals surface area (Å²) < 4.78 is 14.3. The molecule has 5 heteroatoms. The van der Waals surface area contributed by atoms with Crippen molar-refractivity contribution < 1.29 is 4.39 Å². The highest BCUT2D eigenvalue weighted by molar-refractivity contribution is 9.10. The van der Waals surface area contributed by atoms with E-state index in [1.165, 1.54) is 6.07 Å². The van der Waals surface area contributed by atoms with Gasteiger partial charge in [0.1, 0.15) is 10.8 Å². The zero-order chi connectivity index (χ0) is 14.5. The van der Waals surface area contributed by atoms with E-state index in [2.05, 4.69) is 21.2 Å². The highest BCUT2D eigenvalue weighted by atomic mass is 79.9. The summed E-state index contributed by atoms with van der Waals surface area (Å²) >= 11 is 8.37. The van der Waals surface area contributed by atoms with Crippen molar-refractivity contribution in [2.24, 2.45) is 5.73 Å². The van der Waals surface area contributed by atoms with Crippen LogP contribution in [0.3, 0.4) is 0 Å². The first-order valence-corrected chi connectivity index (χ1v) is 7.34. The molecule has 2 aromatic rings. The number of nitrogens with two attached hydrogens (primary N) is 1. The van der Waals surface area contributed by atoms with Gasteiger partial charge >= 0.3 is 0 Å². The maximum atomic E-state index is 13.5. The van der Waals surface area contributed by atoms with Gasteiger partial charge in [-0.3, -0.25) is 0 Å². The Bertz CT molecular complexity index is 631. The first-order valence-electron chi connectivity index (χ1n) is 6.14. The molecule has 0 fully saturated rings. The smallest absolute Gasteiger partial charge is 0.126 e. The van der Waals surface area contributed by atoms with Gasteiger partial charge in [-0.25, -0.2) is 4.39 Å². The molecule has 0 aliphatic carbocycles. The molecule has 104 valence electrons. The lowest BCUT2D eigenvalue weighted by Gasteiger charge is -2.09. The summed E-state index contributed by atoms with van der Waals surface area (Å²) in [6.45, 7) is 0.653. The van der Waals surface area contributed by atoms with Crippen molar-refractivity contribution in [2.45, 2.75) is 6.42 Å². The number of nitrogens with one attached hydrogen (secondary N) is 1. The number of hydrogen-bond donors (Lipinski definition) is 2. The molecule has 0 bridgehead atoms. The Morgan fingerprint density at radius 1 is 1.25 bits per heavy atom. The average Bonchev–Trinajstić information content (AvgIpc) is 2.40. The molecule has 0 amide bonds. The zero-order valence-corrected chi connectivity index (χ0v) is 13.1. The first-order chi connectivity index (χ1) is 9.58. The van der Waals surface area contributed by atoms with Crippen molar-refractivity contribution in [3.05, 3.63) is 63.9 Å². The standard InChI is InChI=1S/C15H14BrFN2S/c16-13-9-11(5-6-12(13)15(18)20)19-8-7-10-3-1-2-4-14(10)17/h1-6,9,19H,7-8H2,(H2,18,20). The van der Waals surface area contributed by atoms with Crippen molar-refractivity contribution in [1.29, 1.82) is 0 Å². The van der Waals surface area contributed by atoms with Gasteiger partial charge in [-0.1, -0.05) is 30.4 Å². The second-order valence-corrected chi connectivity index (χ2v) is 5.62. The molecule has 0 heterocycles. The van der Waals surface area contributed by atoms with Crippen LogP contribution in [0.1, 0.15) is 11.1 Å². The summed E-state index contributed by atoms with van der Waals surface area (Å²) in [4.78, 5) is 0.356. The Labute approximate surface area is 131 Å². The summed E-state index contributed by atoms with van der Waals surface area (Å²) in [5.41, 5.74) is 8.05. The summed E-state index contributed by atoms with van der Waals surface area (Å²) in [6.07, 6.45) is 0.626. The minimum absolute atomic E-state index is 0.167. The lowest BCUT2D eigenvalue weighted by molar-refractivity contribution is 0.610. The maximum absolute atomic E-state index is 13.5. The Morgan fingerprint density at radius 3 is 2.65 bits per heavy atom. The van der Waals surface area contributed by atoms with Gasteiger partial charge < -0.3 is 11.1 Å². The third kappa shape index (κ3) is 3.77. The van der Waals surface area contributed by atoms with E-state index in [9.17, 15) is 4.39 Å². The molecule has 0 unspecified atom stereocenters. The quantitative estimate of drug-likeness (QED) is 0.802. The summed E-state index contributed by atoms with van der Waals surface area (Å²) in [6, 6.07) is 12.5. The molecule has 2 nitrogen and oxygen atoms in total. The minimum Gasteiger partial charge on any atom is -0.389 e. The lowest BCUT2D eigenvalue weighted by Crippen LogP contribution is -2.11. The van der Waals surface area contributed by atoms with E-state index >= 15 is 0 Å². The molecular weight excluding hydrogens is 339 g/mol. The zero-order valence-electron chi connectivity index (χ0n) is 10.7. The number of thiocarbonyl (C=S) groups is 1. The second kappa shape index (κ2) is 6.81. The van der Waals surface area contributed by atoms with Gasteiger partial charge in [0.15, 0.2) is 0 Å². The number of rotatable bonds is 5. The molecule has 0 aliphatic rings. The number of hydrogen-bond acceptors (Lipinski definition) is 2. The van der Waals surface area contributed by atoms with E-state index in [4.69, 9.17) is 18.0 Å². The van der Waals surface area contributed by atoms with Crippen LogP contribution in [0.5, 0.6) is 0 Å². The van der Waals surface area contributed by atoms with Crippen molar-refractivity contribution in [1.82, 2.24) is 0 Å². The van der Waals surface area contributed by atoms with Gasteiger partial charge in [-0.15, -0.1) is 0 Å². The van der Waals surface area contributed by atoms with Gasteiger partial charge in [-0.05, 0) is 52.2 Å². The minimum atomic E-state index is -0.167. The van der Waals surface area contributed by atoms with Gasteiger partial charge in [0, 0.05) is 22.3 Å². The fourth-order valence-corrected chi connectivity index (χ4v) is 2.77. The van der Waals surface area contributed by atoms with Gasteiger partial charge in [0.05, 0.1) is 0 Å². The second-order valence-electron chi connectivity index (χ2n) is 4.33. The molecule has 20 heavy (non-hydrogen) atoms. The largest absolute Gasteiger partial charge is 0.389 e. The van der Waals surface area contributed by atoms with Crippen LogP contribution in [0.25, 0.3) is 0 Å². The molecule has 0 aliphatic heterocycles. The Balaban J connectivity index is 1.97. The van der Waals surface area contributed by atoms with Crippen molar-refractivity contribution >= 4 is 38.8 Å². The summed E-state index contributed by atoms with van der Waals surface area (Å²) in [5.74, 6) is -0.167. The third-order valence-electron chi connectivity index (χ3n) is 2.92. The normalized spacial score (nSPS) is 10.3. The molecule has 0 aromatic heterocycles. The van der Waals surface area contributed by atoms with Crippen LogP contribution in [0.15, 0.2) is 46.9 Å². The van der Waals surface area contributed by atoms with Crippen LogP contribution in [0, 0.1) is 5.82 Å². The molecule has 0 spiro atoms. The molecule has 0 radical (unpaired) electrons. The van der Waals surface area contributed by atoms with E-state index in [0.717, 1.165) is 15.7 Å². The molecule has 0 saturated heterocycles. The number of benzene rings is 2. The van der Waals surface area contributed by atoms with Crippen LogP contribution in [-0.4, -0.2) is 11.5 Å². The van der Waals surface area contributed by atoms with Crippen molar-refractivity contribution in [3.8, 4) is 0 Å². The molecule has 2 rings (SSSR count).